The van der Waals surface area contributed by atoms with Crippen molar-refractivity contribution in [3.05, 3.63) is 47.2 Å². The average Bonchev–Trinajstić information content (AvgIpc) is 2.86. The van der Waals surface area contributed by atoms with E-state index in [1.54, 1.807) is 26.8 Å². The Morgan fingerprint density at radius 3 is 2.55 bits per heavy atom. The third-order valence-electron chi connectivity index (χ3n) is 3.22. The lowest BCUT2D eigenvalue weighted by Crippen LogP contribution is -2.39. The van der Waals surface area contributed by atoms with Gasteiger partial charge in [-0.05, 0) is 38.5 Å². The summed E-state index contributed by atoms with van der Waals surface area (Å²) in [5.74, 6) is -1.20. The van der Waals surface area contributed by atoms with Crippen LogP contribution >= 0.6 is 0 Å². The number of nitrogens with zero attached hydrogens (tertiary/aromatic N) is 1. The highest BCUT2D eigenvalue weighted by molar-refractivity contribution is 5.93. The van der Waals surface area contributed by atoms with Crippen molar-refractivity contribution in [3.63, 3.8) is 0 Å². The lowest BCUT2D eigenvalue weighted by molar-refractivity contribution is -0.118. The summed E-state index contributed by atoms with van der Waals surface area (Å²) in [6, 6.07) is 4.37. The van der Waals surface area contributed by atoms with E-state index in [-0.39, 0.29) is 11.9 Å². The Morgan fingerprint density at radius 1 is 1.23 bits per heavy atom. The first-order valence-electron chi connectivity index (χ1n) is 6.82. The number of nitrogens with one attached hydrogen (secondary N) is 2. The summed E-state index contributed by atoms with van der Waals surface area (Å²) in [4.78, 5) is 12.0. The molecule has 0 radical (unpaired) electrons. The van der Waals surface area contributed by atoms with E-state index >= 15 is 0 Å². The summed E-state index contributed by atoms with van der Waals surface area (Å²) >= 11 is 0. The topological polar surface area (TPSA) is 67.2 Å². The number of amides is 1. The van der Waals surface area contributed by atoms with Crippen molar-refractivity contribution in [1.82, 2.24) is 10.5 Å². The molecule has 0 spiro atoms. The normalized spacial score (nSPS) is 13.7. The predicted octanol–water partition coefficient (Wildman–Crippen LogP) is 2.94. The molecule has 2 unspecified atom stereocenters. The van der Waals surface area contributed by atoms with Crippen LogP contribution in [0.5, 0.6) is 0 Å². The quantitative estimate of drug-likeness (QED) is 0.891. The Balaban J connectivity index is 1.96. The highest BCUT2D eigenvalue weighted by Crippen LogP contribution is 2.17. The molecule has 2 N–H and O–H groups in total. The molecule has 1 aromatic heterocycles. The molecule has 1 heterocycles. The first kappa shape index (κ1) is 16.1. The van der Waals surface area contributed by atoms with E-state index < -0.39 is 17.7 Å². The maximum atomic E-state index is 13.2. The van der Waals surface area contributed by atoms with Gasteiger partial charge < -0.3 is 9.84 Å². The lowest BCUT2D eigenvalue weighted by Gasteiger charge is -2.19. The first-order chi connectivity index (χ1) is 10.4. The molecule has 0 aliphatic heterocycles. The average molecular weight is 309 g/mol. The summed E-state index contributed by atoms with van der Waals surface area (Å²) in [7, 11) is 0. The van der Waals surface area contributed by atoms with Crippen molar-refractivity contribution in [3.8, 4) is 0 Å². The number of rotatable bonds is 5. The number of hydrogen-bond donors (Lipinski definition) is 2. The van der Waals surface area contributed by atoms with Gasteiger partial charge in [-0.15, -0.1) is 0 Å². The minimum atomic E-state index is -0.915. The summed E-state index contributed by atoms with van der Waals surface area (Å²) in [5, 5.41) is 9.28. The van der Waals surface area contributed by atoms with Crippen LogP contribution < -0.4 is 10.6 Å². The maximum absolute atomic E-state index is 13.2. The fourth-order valence-electron chi connectivity index (χ4n) is 1.99. The molecule has 5 nitrogen and oxygen atoms in total. The van der Waals surface area contributed by atoms with E-state index in [1.165, 1.54) is 6.07 Å². The van der Waals surface area contributed by atoms with Gasteiger partial charge in [-0.3, -0.25) is 10.1 Å². The van der Waals surface area contributed by atoms with Crippen LogP contribution in [-0.4, -0.2) is 17.1 Å². The van der Waals surface area contributed by atoms with Crippen LogP contribution in [0.1, 0.15) is 31.2 Å². The highest BCUT2D eigenvalue weighted by atomic mass is 19.2. The molecule has 7 heteroatoms. The van der Waals surface area contributed by atoms with Crippen molar-refractivity contribution in [2.75, 3.05) is 5.32 Å². The highest BCUT2D eigenvalue weighted by Gasteiger charge is 2.18. The molecule has 0 fully saturated rings. The predicted molar refractivity (Wildman–Crippen MR) is 77.2 cm³/mol. The second-order valence-corrected chi connectivity index (χ2v) is 5.10. The number of carbonyl (C=O) groups is 1. The van der Waals surface area contributed by atoms with E-state index in [4.69, 9.17) is 4.52 Å². The molecule has 1 amide bonds. The summed E-state index contributed by atoms with van der Waals surface area (Å²) < 4.78 is 31.0. The zero-order chi connectivity index (χ0) is 16.3. The molecular weight excluding hydrogens is 292 g/mol. The van der Waals surface area contributed by atoms with E-state index in [2.05, 4.69) is 15.8 Å². The van der Waals surface area contributed by atoms with E-state index in [0.29, 0.717) is 17.1 Å². The van der Waals surface area contributed by atoms with Crippen molar-refractivity contribution in [2.24, 2.45) is 0 Å². The maximum Gasteiger partial charge on any atom is 0.242 e. The second kappa shape index (κ2) is 6.65. The monoisotopic (exact) mass is 309 g/mol. The Kier molecular flexibility index (Phi) is 4.87. The standard InChI is InChI=1S/C15H17F2N3O2/c1-8-6-14(20-22-8)19-15(21)10(3)18-9(2)11-4-5-12(16)13(17)7-11/h4-7,9-10,18H,1-3H3,(H,19,20,21). The second-order valence-electron chi connectivity index (χ2n) is 5.10. The number of aryl methyl sites for hydroxylation is 1. The van der Waals surface area contributed by atoms with Crippen LogP contribution in [0.25, 0.3) is 0 Å². The van der Waals surface area contributed by atoms with Gasteiger partial charge in [0.05, 0.1) is 6.04 Å². The number of anilines is 1. The largest absolute Gasteiger partial charge is 0.360 e. The van der Waals surface area contributed by atoms with Gasteiger partial charge in [0.1, 0.15) is 5.76 Å². The van der Waals surface area contributed by atoms with Crippen LogP contribution in [-0.2, 0) is 4.79 Å². The van der Waals surface area contributed by atoms with Gasteiger partial charge in [-0.1, -0.05) is 11.2 Å². The van der Waals surface area contributed by atoms with E-state index in [9.17, 15) is 13.6 Å². The number of benzene rings is 1. The van der Waals surface area contributed by atoms with E-state index in [1.807, 2.05) is 0 Å². The van der Waals surface area contributed by atoms with Gasteiger partial charge in [0.15, 0.2) is 17.5 Å². The van der Waals surface area contributed by atoms with Gasteiger partial charge >= 0.3 is 0 Å². The third kappa shape index (κ3) is 3.88. The molecule has 0 aliphatic rings. The molecule has 1 aromatic carbocycles. The molecule has 0 saturated carbocycles. The van der Waals surface area contributed by atoms with Gasteiger partial charge in [0.25, 0.3) is 0 Å². The number of halogens is 2. The molecule has 0 saturated heterocycles. The lowest BCUT2D eigenvalue weighted by atomic mass is 10.1. The zero-order valence-electron chi connectivity index (χ0n) is 12.5. The molecule has 2 aromatic rings. The van der Waals surface area contributed by atoms with Crippen molar-refractivity contribution >= 4 is 11.7 Å². The summed E-state index contributed by atoms with van der Waals surface area (Å²) in [5.41, 5.74) is 0.552. The molecule has 0 aliphatic carbocycles. The minimum absolute atomic E-state index is 0.303. The fourth-order valence-corrected chi connectivity index (χ4v) is 1.99. The minimum Gasteiger partial charge on any atom is -0.360 e. The van der Waals surface area contributed by atoms with Crippen molar-refractivity contribution in [2.45, 2.75) is 32.9 Å². The molecule has 22 heavy (non-hydrogen) atoms. The zero-order valence-corrected chi connectivity index (χ0v) is 12.5. The Morgan fingerprint density at radius 2 is 1.95 bits per heavy atom. The van der Waals surface area contributed by atoms with Crippen LogP contribution in [0, 0.1) is 18.6 Å². The number of carbonyl (C=O) groups excluding carboxylic acids is 1. The van der Waals surface area contributed by atoms with Crippen LogP contribution in [0.3, 0.4) is 0 Å². The Labute approximate surface area is 126 Å². The molecule has 2 atom stereocenters. The summed E-state index contributed by atoms with van der Waals surface area (Å²) in [6.07, 6.45) is 0. The smallest absolute Gasteiger partial charge is 0.242 e. The van der Waals surface area contributed by atoms with Gasteiger partial charge in [-0.25, -0.2) is 8.78 Å². The Bertz CT molecular complexity index is 673. The third-order valence-corrected chi connectivity index (χ3v) is 3.22. The molecule has 0 bridgehead atoms. The van der Waals surface area contributed by atoms with Gasteiger partial charge in [0.2, 0.25) is 5.91 Å². The van der Waals surface area contributed by atoms with Crippen molar-refractivity contribution in [1.29, 1.82) is 0 Å². The fraction of sp³-hybridized carbons (Fsp3) is 0.333. The van der Waals surface area contributed by atoms with E-state index in [0.717, 1.165) is 12.1 Å². The molecule has 2 rings (SSSR count). The van der Waals surface area contributed by atoms with Gasteiger partial charge in [-0.2, -0.15) is 0 Å². The SMILES string of the molecule is Cc1cc(NC(=O)C(C)NC(C)c2ccc(F)c(F)c2)no1. The molecule has 118 valence electrons. The van der Waals surface area contributed by atoms with Crippen LogP contribution in [0.15, 0.2) is 28.8 Å². The number of aromatic nitrogens is 1. The van der Waals surface area contributed by atoms with Crippen LogP contribution in [0.4, 0.5) is 14.6 Å². The molecular formula is C15H17F2N3O2. The Hall–Kier alpha value is -2.28. The van der Waals surface area contributed by atoms with Crippen molar-refractivity contribution < 1.29 is 18.1 Å². The van der Waals surface area contributed by atoms with Crippen LogP contribution in [0.2, 0.25) is 0 Å². The summed E-state index contributed by atoms with van der Waals surface area (Å²) in [6.45, 7) is 5.14. The number of hydrogen-bond acceptors (Lipinski definition) is 4. The van der Waals surface area contributed by atoms with Gasteiger partial charge in [0, 0.05) is 12.1 Å². The first-order valence-corrected chi connectivity index (χ1v) is 6.82.